The Kier molecular flexibility index (Phi) is 2.23. The Bertz CT molecular complexity index is 333. The predicted octanol–water partition coefficient (Wildman–Crippen LogP) is 2.07. The van der Waals surface area contributed by atoms with Crippen LogP contribution in [0.2, 0.25) is 0 Å². The van der Waals surface area contributed by atoms with E-state index < -0.39 is 0 Å². The summed E-state index contributed by atoms with van der Waals surface area (Å²) in [6.45, 7) is 2.19. The van der Waals surface area contributed by atoms with Crippen LogP contribution < -0.4 is 10.5 Å². The number of para-hydroxylation sites is 1. The number of methoxy groups -OCH3 is 1. The van der Waals surface area contributed by atoms with Gasteiger partial charge >= 0.3 is 0 Å². The highest BCUT2D eigenvalue weighted by atomic mass is 16.5. The maximum absolute atomic E-state index is 6.01. The number of benzene rings is 1. The van der Waals surface area contributed by atoms with Crippen molar-refractivity contribution in [3.8, 4) is 5.75 Å². The standard InChI is InChI=1S/C12H17NO/c1-3-12(8-11(12)13)9-6-4-5-7-10(9)14-2/h4-7,11H,3,8,13H2,1-2H3. The van der Waals surface area contributed by atoms with E-state index in [1.54, 1.807) is 7.11 Å². The fraction of sp³-hybridized carbons (Fsp3) is 0.500. The van der Waals surface area contributed by atoms with Crippen molar-refractivity contribution in [1.29, 1.82) is 0 Å². The van der Waals surface area contributed by atoms with Crippen LogP contribution in [0.1, 0.15) is 25.3 Å². The summed E-state index contributed by atoms with van der Waals surface area (Å²) in [5, 5.41) is 0. The van der Waals surface area contributed by atoms with Gasteiger partial charge in [-0.2, -0.15) is 0 Å². The Labute approximate surface area is 85.1 Å². The van der Waals surface area contributed by atoms with E-state index in [9.17, 15) is 0 Å². The van der Waals surface area contributed by atoms with E-state index in [2.05, 4.69) is 19.1 Å². The lowest BCUT2D eigenvalue weighted by atomic mass is 9.91. The van der Waals surface area contributed by atoms with Gasteiger partial charge in [0.15, 0.2) is 0 Å². The largest absolute Gasteiger partial charge is 0.496 e. The van der Waals surface area contributed by atoms with Crippen LogP contribution in [0.15, 0.2) is 24.3 Å². The zero-order chi connectivity index (χ0) is 10.2. The average Bonchev–Trinajstić information content (AvgIpc) is 2.91. The Morgan fingerprint density at radius 2 is 2.14 bits per heavy atom. The number of hydrogen-bond donors (Lipinski definition) is 1. The summed E-state index contributed by atoms with van der Waals surface area (Å²) in [5.74, 6) is 0.974. The molecule has 0 aromatic heterocycles. The van der Waals surface area contributed by atoms with Crippen LogP contribution in [0.4, 0.5) is 0 Å². The molecule has 2 atom stereocenters. The Morgan fingerprint density at radius 3 is 2.64 bits per heavy atom. The summed E-state index contributed by atoms with van der Waals surface area (Å²) in [7, 11) is 1.72. The van der Waals surface area contributed by atoms with Crippen LogP contribution >= 0.6 is 0 Å². The Morgan fingerprint density at radius 1 is 1.50 bits per heavy atom. The maximum atomic E-state index is 6.01. The Balaban J connectivity index is 2.41. The predicted molar refractivity (Wildman–Crippen MR) is 57.6 cm³/mol. The van der Waals surface area contributed by atoms with E-state index in [4.69, 9.17) is 10.5 Å². The van der Waals surface area contributed by atoms with E-state index in [-0.39, 0.29) is 5.41 Å². The third kappa shape index (κ3) is 1.22. The molecule has 0 radical (unpaired) electrons. The van der Waals surface area contributed by atoms with E-state index in [0.29, 0.717) is 6.04 Å². The van der Waals surface area contributed by atoms with Crippen molar-refractivity contribution in [2.45, 2.75) is 31.2 Å². The molecule has 0 bridgehead atoms. The fourth-order valence-electron chi connectivity index (χ4n) is 2.30. The second kappa shape index (κ2) is 3.28. The first-order valence-electron chi connectivity index (χ1n) is 5.13. The smallest absolute Gasteiger partial charge is 0.122 e. The first kappa shape index (κ1) is 9.53. The van der Waals surface area contributed by atoms with Gasteiger partial charge in [0.05, 0.1) is 7.11 Å². The highest BCUT2D eigenvalue weighted by Gasteiger charge is 2.52. The van der Waals surface area contributed by atoms with E-state index >= 15 is 0 Å². The SMILES string of the molecule is CCC1(c2ccccc2OC)CC1N. The van der Waals surface area contributed by atoms with Gasteiger partial charge in [0, 0.05) is 17.0 Å². The number of hydrogen-bond acceptors (Lipinski definition) is 2. The summed E-state index contributed by atoms with van der Waals surface area (Å²) in [6, 6.07) is 8.51. The first-order valence-corrected chi connectivity index (χ1v) is 5.13. The molecule has 1 fully saturated rings. The van der Waals surface area contributed by atoms with Gasteiger partial charge < -0.3 is 10.5 Å². The quantitative estimate of drug-likeness (QED) is 0.793. The molecule has 1 aliphatic rings. The molecular formula is C12H17NO. The van der Waals surface area contributed by atoms with Gasteiger partial charge in [-0.1, -0.05) is 25.1 Å². The van der Waals surface area contributed by atoms with Crippen molar-refractivity contribution in [3.63, 3.8) is 0 Å². The molecule has 2 heteroatoms. The van der Waals surface area contributed by atoms with Crippen LogP contribution in [0.3, 0.4) is 0 Å². The monoisotopic (exact) mass is 191 g/mol. The highest BCUT2D eigenvalue weighted by molar-refractivity contribution is 5.45. The van der Waals surface area contributed by atoms with Crippen molar-refractivity contribution in [1.82, 2.24) is 0 Å². The van der Waals surface area contributed by atoms with Crippen molar-refractivity contribution < 1.29 is 4.74 Å². The van der Waals surface area contributed by atoms with Crippen molar-refractivity contribution >= 4 is 0 Å². The minimum Gasteiger partial charge on any atom is -0.496 e. The van der Waals surface area contributed by atoms with Crippen LogP contribution in [0.25, 0.3) is 0 Å². The summed E-state index contributed by atoms with van der Waals surface area (Å²) in [5.41, 5.74) is 7.47. The molecule has 1 aromatic carbocycles. The molecule has 76 valence electrons. The zero-order valence-corrected chi connectivity index (χ0v) is 8.79. The molecule has 0 aliphatic heterocycles. The van der Waals surface area contributed by atoms with Gasteiger partial charge in [-0.25, -0.2) is 0 Å². The van der Waals surface area contributed by atoms with E-state index in [1.807, 2.05) is 12.1 Å². The molecule has 0 heterocycles. The first-order chi connectivity index (χ1) is 6.74. The molecule has 1 saturated carbocycles. The van der Waals surface area contributed by atoms with Crippen LogP contribution in [-0.4, -0.2) is 13.2 Å². The minimum absolute atomic E-state index is 0.187. The van der Waals surface area contributed by atoms with Gasteiger partial charge in [-0.3, -0.25) is 0 Å². The summed E-state index contributed by atoms with van der Waals surface area (Å²) < 4.78 is 5.37. The lowest BCUT2D eigenvalue weighted by Crippen LogP contribution is -2.18. The van der Waals surface area contributed by atoms with Gasteiger partial charge in [0.25, 0.3) is 0 Å². The second-order valence-corrected chi connectivity index (χ2v) is 4.02. The molecule has 0 saturated heterocycles. The average molecular weight is 191 g/mol. The van der Waals surface area contributed by atoms with Crippen LogP contribution in [0.5, 0.6) is 5.75 Å². The van der Waals surface area contributed by atoms with Gasteiger partial charge in [0.1, 0.15) is 5.75 Å². The van der Waals surface area contributed by atoms with E-state index in [1.165, 1.54) is 5.56 Å². The molecule has 2 rings (SSSR count). The molecule has 14 heavy (non-hydrogen) atoms. The van der Waals surface area contributed by atoms with Crippen molar-refractivity contribution in [2.24, 2.45) is 5.73 Å². The minimum atomic E-state index is 0.187. The van der Waals surface area contributed by atoms with Crippen LogP contribution in [0, 0.1) is 0 Å². The number of ether oxygens (including phenoxy) is 1. The second-order valence-electron chi connectivity index (χ2n) is 4.02. The normalized spacial score (nSPS) is 30.1. The molecule has 2 N–H and O–H groups in total. The zero-order valence-electron chi connectivity index (χ0n) is 8.79. The maximum Gasteiger partial charge on any atom is 0.122 e. The molecule has 0 amide bonds. The van der Waals surface area contributed by atoms with Crippen molar-refractivity contribution in [3.05, 3.63) is 29.8 Å². The Hall–Kier alpha value is -1.02. The molecule has 1 aromatic rings. The van der Waals surface area contributed by atoms with Gasteiger partial charge in [0.2, 0.25) is 0 Å². The highest BCUT2D eigenvalue weighted by Crippen LogP contribution is 2.52. The molecule has 1 aliphatic carbocycles. The molecular weight excluding hydrogens is 174 g/mol. The third-order valence-electron chi connectivity index (χ3n) is 3.41. The van der Waals surface area contributed by atoms with Gasteiger partial charge in [-0.05, 0) is 18.9 Å². The number of nitrogens with two attached hydrogens (primary N) is 1. The number of rotatable bonds is 3. The molecule has 0 spiro atoms. The van der Waals surface area contributed by atoms with Gasteiger partial charge in [-0.15, -0.1) is 0 Å². The molecule has 2 nitrogen and oxygen atoms in total. The third-order valence-corrected chi connectivity index (χ3v) is 3.41. The lowest BCUT2D eigenvalue weighted by molar-refractivity contribution is 0.402. The fourth-order valence-corrected chi connectivity index (χ4v) is 2.30. The summed E-state index contributed by atoms with van der Waals surface area (Å²) in [4.78, 5) is 0. The topological polar surface area (TPSA) is 35.2 Å². The van der Waals surface area contributed by atoms with Crippen molar-refractivity contribution in [2.75, 3.05) is 7.11 Å². The lowest BCUT2D eigenvalue weighted by Gasteiger charge is -2.17. The van der Waals surface area contributed by atoms with E-state index in [0.717, 1.165) is 18.6 Å². The summed E-state index contributed by atoms with van der Waals surface area (Å²) in [6.07, 6.45) is 2.18. The van der Waals surface area contributed by atoms with Crippen LogP contribution in [-0.2, 0) is 5.41 Å². The summed E-state index contributed by atoms with van der Waals surface area (Å²) >= 11 is 0. The molecule has 2 unspecified atom stereocenters.